The van der Waals surface area contributed by atoms with Crippen LogP contribution < -0.4 is 11.1 Å². The molecule has 100 valence electrons. The van der Waals surface area contributed by atoms with E-state index in [1.165, 1.54) is 0 Å². The molecule has 1 aromatic rings. The highest BCUT2D eigenvalue weighted by molar-refractivity contribution is 7.80. The molecule has 0 radical (unpaired) electrons. The van der Waals surface area contributed by atoms with Crippen molar-refractivity contribution in [2.75, 3.05) is 25.5 Å². The fraction of sp³-hybridized carbons (Fsp3) is 0.538. The molecule has 1 aromatic heterocycles. The molecule has 3 N–H and O–H groups in total. The first-order valence-corrected chi connectivity index (χ1v) is 6.65. The highest BCUT2D eigenvalue weighted by Gasteiger charge is 2.05. The molecule has 0 aliphatic heterocycles. The maximum atomic E-state index is 5.52. The van der Waals surface area contributed by atoms with Gasteiger partial charge in [-0.3, -0.25) is 0 Å². The number of nitrogens with one attached hydrogen (secondary N) is 1. The minimum atomic E-state index is 0.380. The summed E-state index contributed by atoms with van der Waals surface area (Å²) in [4.78, 5) is 6.97. The largest absolute Gasteiger partial charge is 0.389 e. The van der Waals surface area contributed by atoms with Crippen LogP contribution in [0, 0.1) is 0 Å². The molecule has 0 bridgehead atoms. The topological polar surface area (TPSA) is 54.2 Å². The van der Waals surface area contributed by atoms with E-state index < -0.39 is 0 Å². The summed E-state index contributed by atoms with van der Waals surface area (Å²) in [7, 11) is 2.14. The van der Waals surface area contributed by atoms with Crippen LogP contribution in [0.25, 0.3) is 0 Å². The van der Waals surface area contributed by atoms with Crippen LogP contribution in [0.15, 0.2) is 18.3 Å². The molecule has 0 amide bonds. The number of hydrogen-bond donors (Lipinski definition) is 2. The minimum Gasteiger partial charge on any atom is -0.389 e. The van der Waals surface area contributed by atoms with Crippen molar-refractivity contribution < 1.29 is 0 Å². The predicted molar refractivity (Wildman–Crippen MR) is 81.0 cm³/mol. The quantitative estimate of drug-likeness (QED) is 0.738. The lowest BCUT2D eigenvalue weighted by atomic mass is 10.2. The molecule has 0 aromatic carbocycles. The van der Waals surface area contributed by atoms with E-state index in [1.807, 2.05) is 12.1 Å². The average molecular weight is 266 g/mol. The van der Waals surface area contributed by atoms with Crippen LogP contribution in [0.2, 0.25) is 0 Å². The first kappa shape index (κ1) is 14.9. The highest BCUT2D eigenvalue weighted by atomic mass is 32.1. The van der Waals surface area contributed by atoms with Gasteiger partial charge in [-0.1, -0.05) is 19.1 Å². The molecule has 0 spiro atoms. The van der Waals surface area contributed by atoms with Gasteiger partial charge in [0, 0.05) is 30.9 Å². The lowest BCUT2D eigenvalue weighted by Gasteiger charge is -2.23. The summed E-state index contributed by atoms with van der Waals surface area (Å²) in [5, 5.41) is 3.28. The summed E-state index contributed by atoms with van der Waals surface area (Å²) in [5.74, 6) is 0.854. The van der Waals surface area contributed by atoms with E-state index in [0.717, 1.165) is 30.9 Å². The third-order valence-corrected chi connectivity index (χ3v) is 3.40. The molecule has 1 rings (SSSR count). The molecular weight excluding hydrogens is 244 g/mol. The molecule has 18 heavy (non-hydrogen) atoms. The molecule has 0 aliphatic carbocycles. The molecule has 0 saturated heterocycles. The first-order chi connectivity index (χ1) is 8.54. The van der Waals surface area contributed by atoms with Crippen molar-refractivity contribution >= 4 is 23.0 Å². The Morgan fingerprint density at radius 2 is 2.28 bits per heavy atom. The zero-order chi connectivity index (χ0) is 13.5. The van der Waals surface area contributed by atoms with E-state index in [0.29, 0.717) is 11.0 Å². The van der Waals surface area contributed by atoms with Gasteiger partial charge in [-0.2, -0.15) is 0 Å². The Hall–Kier alpha value is -1.20. The van der Waals surface area contributed by atoms with E-state index in [1.54, 1.807) is 6.20 Å². The molecule has 0 fully saturated rings. The zero-order valence-electron chi connectivity index (χ0n) is 11.3. The van der Waals surface area contributed by atoms with Gasteiger partial charge in [0.25, 0.3) is 0 Å². The number of thiocarbonyl (C=S) groups is 1. The van der Waals surface area contributed by atoms with Gasteiger partial charge < -0.3 is 16.0 Å². The van der Waals surface area contributed by atoms with Gasteiger partial charge in [0.05, 0.1) is 0 Å². The Morgan fingerprint density at radius 3 is 2.78 bits per heavy atom. The summed E-state index contributed by atoms with van der Waals surface area (Å²) >= 11 is 4.88. The van der Waals surface area contributed by atoms with Gasteiger partial charge in [0.1, 0.15) is 10.8 Å². The summed E-state index contributed by atoms with van der Waals surface area (Å²) in [6.07, 6.45) is 2.86. The Kier molecular flexibility index (Phi) is 6.01. The number of rotatable bonds is 7. The summed E-state index contributed by atoms with van der Waals surface area (Å²) in [6.45, 7) is 6.30. The molecule has 0 aliphatic rings. The number of pyridine rings is 1. The molecule has 0 saturated carbocycles. The van der Waals surface area contributed by atoms with Crippen molar-refractivity contribution in [1.29, 1.82) is 0 Å². The van der Waals surface area contributed by atoms with E-state index >= 15 is 0 Å². The third kappa shape index (κ3) is 4.58. The molecule has 1 unspecified atom stereocenters. The Morgan fingerprint density at radius 1 is 1.56 bits per heavy atom. The standard InChI is InChI=1S/C13H22N4S/c1-4-10(2)17(3)8-7-15-12-6-5-11(9-16-12)13(14)18/h5-6,9-10H,4,7-8H2,1-3H3,(H2,14,18)(H,15,16). The fourth-order valence-corrected chi connectivity index (χ4v) is 1.66. The Balaban J connectivity index is 2.38. The van der Waals surface area contributed by atoms with Gasteiger partial charge >= 0.3 is 0 Å². The monoisotopic (exact) mass is 266 g/mol. The normalized spacial score (nSPS) is 12.4. The van der Waals surface area contributed by atoms with Crippen molar-refractivity contribution in [2.24, 2.45) is 5.73 Å². The van der Waals surface area contributed by atoms with Crippen LogP contribution in [0.1, 0.15) is 25.8 Å². The third-order valence-electron chi connectivity index (χ3n) is 3.16. The summed E-state index contributed by atoms with van der Waals surface area (Å²) in [6, 6.07) is 4.39. The average Bonchev–Trinajstić information content (AvgIpc) is 2.38. The van der Waals surface area contributed by atoms with E-state index in [2.05, 4.69) is 36.1 Å². The number of hydrogen-bond acceptors (Lipinski definition) is 4. The van der Waals surface area contributed by atoms with E-state index in [-0.39, 0.29) is 0 Å². The highest BCUT2D eigenvalue weighted by Crippen LogP contribution is 2.05. The van der Waals surface area contributed by atoms with E-state index in [9.17, 15) is 0 Å². The first-order valence-electron chi connectivity index (χ1n) is 6.24. The van der Waals surface area contributed by atoms with Gasteiger partial charge in [-0.25, -0.2) is 4.98 Å². The van der Waals surface area contributed by atoms with Crippen molar-refractivity contribution in [3.05, 3.63) is 23.9 Å². The van der Waals surface area contributed by atoms with Gasteiger partial charge in [-0.15, -0.1) is 0 Å². The minimum absolute atomic E-state index is 0.380. The molecule has 1 heterocycles. The van der Waals surface area contributed by atoms with Crippen LogP contribution in [-0.2, 0) is 0 Å². The number of aromatic nitrogens is 1. The van der Waals surface area contributed by atoms with Crippen LogP contribution in [0.3, 0.4) is 0 Å². The van der Waals surface area contributed by atoms with Gasteiger partial charge in [0.15, 0.2) is 0 Å². The van der Waals surface area contributed by atoms with Crippen molar-refractivity contribution in [3.63, 3.8) is 0 Å². The Bertz CT molecular complexity index is 377. The van der Waals surface area contributed by atoms with Crippen molar-refractivity contribution in [1.82, 2.24) is 9.88 Å². The predicted octanol–water partition coefficient (Wildman–Crippen LogP) is 1.86. The lowest BCUT2D eigenvalue weighted by molar-refractivity contribution is 0.261. The lowest BCUT2D eigenvalue weighted by Crippen LogP contribution is -2.32. The summed E-state index contributed by atoms with van der Waals surface area (Å²) < 4.78 is 0. The van der Waals surface area contributed by atoms with Gasteiger partial charge in [-0.05, 0) is 32.5 Å². The molecule has 4 nitrogen and oxygen atoms in total. The zero-order valence-corrected chi connectivity index (χ0v) is 12.1. The maximum absolute atomic E-state index is 5.52. The molecular formula is C13H22N4S. The number of nitrogens with zero attached hydrogens (tertiary/aromatic N) is 2. The van der Waals surface area contributed by atoms with E-state index in [4.69, 9.17) is 18.0 Å². The van der Waals surface area contributed by atoms with Crippen LogP contribution >= 0.6 is 12.2 Å². The SMILES string of the molecule is CCC(C)N(C)CCNc1ccc(C(N)=S)cn1. The second kappa shape index (κ2) is 7.28. The van der Waals surface area contributed by atoms with Gasteiger partial charge in [0.2, 0.25) is 0 Å². The Labute approximate surface area is 115 Å². The smallest absolute Gasteiger partial charge is 0.125 e. The second-order valence-corrected chi connectivity index (χ2v) is 4.90. The summed E-state index contributed by atoms with van der Waals surface area (Å²) in [5.41, 5.74) is 6.32. The fourth-order valence-electron chi connectivity index (χ4n) is 1.54. The van der Waals surface area contributed by atoms with Crippen LogP contribution in [-0.4, -0.2) is 41.1 Å². The number of anilines is 1. The molecule has 5 heteroatoms. The molecule has 1 atom stereocenters. The second-order valence-electron chi connectivity index (χ2n) is 4.46. The number of likely N-dealkylation sites (N-methyl/N-ethyl adjacent to an activating group) is 1. The van der Waals surface area contributed by atoms with Crippen molar-refractivity contribution in [2.45, 2.75) is 26.3 Å². The maximum Gasteiger partial charge on any atom is 0.125 e. The van der Waals surface area contributed by atoms with Crippen LogP contribution in [0.4, 0.5) is 5.82 Å². The van der Waals surface area contributed by atoms with Crippen LogP contribution in [0.5, 0.6) is 0 Å². The van der Waals surface area contributed by atoms with Crippen molar-refractivity contribution in [3.8, 4) is 0 Å². The number of nitrogens with two attached hydrogens (primary N) is 1.